The van der Waals surface area contributed by atoms with Crippen molar-refractivity contribution >= 4 is 0 Å². The Bertz CT molecular complexity index is 274. The molecule has 2 rings (SSSR count). The van der Waals surface area contributed by atoms with Gasteiger partial charge < -0.3 is 14.7 Å². The van der Waals surface area contributed by atoms with Gasteiger partial charge >= 0.3 is 0 Å². The van der Waals surface area contributed by atoms with Crippen molar-refractivity contribution in [3.8, 4) is 0 Å². The van der Waals surface area contributed by atoms with Crippen molar-refractivity contribution < 1.29 is 0 Å². The van der Waals surface area contributed by atoms with Crippen LogP contribution in [0.15, 0.2) is 0 Å². The maximum atomic E-state index is 2.77. The van der Waals surface area contributed by atoms with Crippen LogP contribution < -0.4 is 0 Å². The molecule has 0 amide bonds. The van der Waals surface area contributed by atoms with Crippen molar-refractivity contribution in [1.82, 2.24) is 14.7 Å². The second kappa shape index (κ2) is 9.12. The molecule has 3 heteroatoms. The molecule has 0 aromatic carbocycles. The Morgan fingerprint density at radius 3 is 2.38 bits per heavy atom. The second-order valence-corrected chi connectivity index (χ2v) is 7.70. The molecule has 0 N–H and O–H groups in total. The van der Waals surface area contributed by atoms with Crippen LogP contribution >= 0.6 is 0 Å². The molecule has 0 radical (unpaired) electrons. The van der Waals surface area contributed by atoms with E-state index in [2.05, 4.69) is 35.8 Å². The predicted molar refractivity (Wildman–Crippen MR) is 91.8 cm³/mol. The summed E-state index contributed by atoms with van der Waals surface area (Å²) in [4.78, 5) is 7.69. The van der Waals surface area contributed by atoms with Gasteiger partial charge in [0.15, 0.2) is 0 Å². The lowest BCUT2D eigenvalue weighted by molar-refractivity contribution is 0.0953. The highest BCUT2D eigenvalue weighted by molar-refractivity contribution is 4.81. The first kappa shape index (κ1) is 17.2. The molecule has 1 saturated carbocycles. The molecule has 3 nitrogen and oxygen atoms in total. The average molecular weight is 296 g/mol. The van der Waals surface area contributed by atoms with Gasteiger partial charge in [0, 0.05) is 19.1 Å². The van der Waals surface area contributed by atoms with Crippen LogP contribution in [-0.2, 0) is 0 Å². The lowest BCUT2D eigenvalue weighted by Gasteiger charge is -2.39. The zero-order valence-electron chi connectivity index (χ0n) is 14.7. The van der Waals surface area contributed by atoms with Gasteiger partial charge in [-0.05, 0) is 78.8 Å². The van der Waals surface area contributed by atoms with E-state index in [1.807, 2.05) is 0 Å². The number of piperidine rings is 1. The lowest BCUT2D eigenvalue weighted by Crippen LogP contribution is -2.48. The molecule has 2 fully saturated rings. The topological polar surface area (TPSA) is 9.72 Å². The number of hydrogen-bond acceptors (Lipinski definition) is 3. The minimum Gasteiger partial charge on any atom is -0.309 e. The molecule has 0 spiro atoms. The fourth-order valence-electron chi connectivity index (χ4n) is 4.11. The summed E-state index contributed by atoms with van der Waals surface area (Å²) in [6.45, 7) is 6.50. The minimum absolute atomic E-state index is 0.796. The molecule has 1 atom stereocenters. The van der Waals surface area contributed by atoms with Gasteiger partial charge in [0.25, 0.3) is 0 Å². The Hall–Kier alpha value is -0.120. The van der Waals surface area contributed by atoms with E-state index in [0.29, 0.717) is 0 Å². The van der Waals surface area contributed by atoms with Crippen molar-refractivity contribution in [2.75, 3.05) is 53.9 Å². The highest BCUT2D eigenvalue weighted by Gasteiger charge is 2.25. The molecule has 1 aliphatic heterocycles. The maximum absolute atomic E-state index is 2.77. The second-order valence-electron chi connectivity index (χ2n) is 7.70. The van der Waals surface area contributed by atoms with Gasteiger partial charge in [0.2, 0.25) is 0 Å². The van der Waals surface area contributed by atoms with E-state index < -0.39 is 0 Å². The van der Waals surface area contributed by atoms with E-state index in [9.17, 15) is 0 Å². The zero-order chi connectivity index (χ0) is 15.1. The molecular weight excluding hydrogens is 258 g/mol. The first-order chi connectivity index (χ1) is 10.1. The van der Waals surface area contributed by atoms with Crippen molar-refractivity contribution in [3.05, 3.63) is 0 Å². The summed E-state index contributed by atoms with van der Waals surface area (Å²) in [5.74, 6) is 0.997. The standard InChI is InChI=1S/C18H37N3/c1-19(2)12-8-13-20(3)18-11-7-14-21(16-18)15-17-9-5-4-6-10-17/h17-18H,4-16H2,1-3H3. The molecule has 1 heterocycles. The van der Waals surface area contributed by atoms with Gasteiger partial charge in [0.1, 0.15) is 0 Å². The van der Waals surface area contributed by atoms with Crippen molar-refractivity contribution in [1.29, 1.82) is 0 Å². The summed E-state index contributed by atoms with van der Waals surface area (Å²) in [5, 5.41) is 0. The Kier molecular flexibility index (Phi) is 7.48. The molecule has 1 aliphatic carbocycles. The highest BCUT2D eigenvalue weighted by atomic mass is 15.2. The summed E-state index contributed by atoms with van der Waals surface area (Å²) in [7, 11) is 6.68. The minimum atomic E-state index is 0.796. The Labute approximate surface area is 132 Å². The van der Waals surface area contributed by atoms with Gasteiger partial charge in [-0.1, -0.05) is 19.3 Å². The van der Waals surface area contributed by atoms with Crippen LogP contribution in [0.3, 0.4) is 0 Å². The molecule has 0 aromatic rings. The number of likely N-dealkylation sites (tertiary alicyclic amines) is 1. The third-order valence-electron chi connectivity index (χ3n) is 5.46. The molecule has 2 aliphatic rings. The normalized spacial score (nSPS) is 25.9. The molecule has 1 unspecified atom stereocenters. The fourth-order valence-corrected chi connectivity index (χ4v) is 4.11. The average Bonchev–Trinajstić information content (AvgIpc) is 2.48. The number of hydrogen-bond donors (Lipinski definition) is 0. The first-order valence-electron chi connectivity index (χ1n) is 9.22. The molecule has 0 bridgehead atoms. The number of rotatable bonds is 7. The largest absolute Gasteiger partial charge is 0.309 e. The maximum Gasteiger partial charge on any atom is 0.0220 e. The monoisotopic (exact) mass is 295 g/mol. The van der Waals surface area contributed by atoms with E-state index in [1.54, 1.807) is 0 Å². The summed E-state index contributed by atoms with van der Waals surface area (Å²) in [6.07, 6.45) is 11.5. The van der Waals surface area contributed by atoms with Gasteiger partial charge in [-0.25, -0.2) is 0 Å². The van der Waals surface area contributed by atoms with Crippen LogP contribution in [0.25, 0.3) is 0 Å². The zero-order valence-corrected chi connectivity index (χ0v) is 14.7. The van der Waals surface area contributed by atoms with E-state index in [1.165, 1.54) is 84.1 Å². The molecule has 1 saturated heterocycles. The summed E-state index contributed by atoms with van der Waals surface area (Å²) < 4.78 is 0. The van der Waals surface area contributed by atoms with E-state index in [-0.39, 0.29) is 0 Å². The Morgan fingerprint density at radius 1 is 0.905 bits per heavy atom. The number of nitrogens with zero attached hydrogens (tertiary/aromatic N) is 3. The SMILES string of the molecule is CN(C)CCCN(C)C1CCCN(CC2CCCCC2)C1. The Balaban J connectivity index is 1.69. The molecule has 0 aromatic heterocycles. The van der Waals surface area contributed by atoms with Gasteiger partial charge in [-0.2, -0.15) is 0 Å². The number of likely N-dealkylation sites (N-methyl/N-ethyl adjacent to an activating group) is 1. The highest BCUT2D eigenvalue weighted by Crippen LogP contribution is 2.26. The van der Waals surface area contributed by atoms with Crippen molar-refractivity contribution in [3.63, 3.8) is 0 Å². The van der Waals surface area contributed by atoms with Crippen LogP contribution in [0.5, 0.6) is 0 Å². The molecule has 124 valence electrons. The third-order valence-corrected chi connectivity index (χ3v) is 5.46. The van der Waals surface area contributed by atoms with Crippen LogP contribution in [0, 0.1) is 5.92 Å². The molecular formula is C18H37N3. The van der Waals surface area contributed by atoms with Crippen LogP contribution in [0.2, 0.25) is 0 Å². The smallest absolute Gasteiger partial charge is 0.0220 e. The summed E-state index contributed by atoms with van der Waals surface area (Å²) >= 11 is 0. The van der Waals surface area contributed by atoms with Crippen LogP contribution in [0.1, 0.15) is 51.4 Å². The summed E-state index contributed by atoms with van der Waals surface area (Å²) in [6, 6.07) is 0.796. The van der Waals surface area contributed by atoms with E-state index >= 15 is 0 Å². The van der Waals surface area contributed by atoms with Gasteiger partial charge in [-0.3, -0.25) is 0 Å². The first-order valence-corrected chi connectivity index (χ1v) is 9.22. The van der Waals surface area contributed by atoms with Crippen LogP contribution in [0.4, 0.5) is 0 Å². The van der Waals surface area contributed by atoms with Gasteiger partial charge in [0.05, 0.1) is 0 Å². The lowest BCUT2D eigenvalue weighted by atomic mass is 9.88. The van der Waals surface area contributed by atoms with Gasteiger partial charge in [-0.15, -0.1) is 0 Å². The predicted octanol–water partition coefficient (Wildman–Crippen LogP) is 2.91. The van der Waals surface area contributed by atoms with E-state index in [4.69, 9.17) is 0 Å². The van der Waals surface area contributed by atoms with Crippen molar-refractivity contribution in [2.45, 2.75) is 57.4 Å². The summed E-state index contributed by atoms with van der Waals surface area (Å²) in [5.41, 5.74) is 0. The Morgan fingerprint density at radius 2 is 1.67 bits per heavy atom. The fraction of sp³-hybridized carbons (Fsp3) is 1.00. The van der Waals surface area contributed by atoms with Crippen molar-refractivity contribution in [2.24, 2.45) is 5.92 Å². The van der Waals surface area contributed by atoms with E-state index in [0.717, 1.165) is 12.0 Å². The quantitative estimate of drug-likeness (QED) is 0.715. The third kappa shape index (κ3) is 6.25. The molecule has 21 heavy (non-hydrogen) atoms. The van der Waals surface area contributed by atoms with Crippen LogP contribution in [-0.4, -0.2) is 74.6 Å².